The highest BCUT2D eigenvalue weighted by atomic mass is 19.1. The molecule has 0 aliphatic carbocycles. The van der Waals surface area contributed by atoms with Crippen molar-refractivity contribution in [2.24, 2.45) is 5.16 Å². The third kappa shape index (κ3) is 4.16. The Bertz CT molecular complexity index is 1370. The first-order valence-electron chi connectivity index (χ1n) is 12.2. The van der Waals surface area contributed by atoms with E-state index in [0.717, 1.165) is 5.56 Å². The fraction of sp³-hybridized carbons (Fsp3) is 0.462. The average molecular weight is 513 g/mol. The minimum Gasteiger partial charge on any atom is -0.503 e. The predicted molar refractivity (Wildman–Crippen MR) is 131 cm³/mol. The molecule has 3 aliphatic rings. The number of nitrogens with zero attached hydrogens (tertiary/aromatic N) is 3. The lowest BCUT2D eigenvalue weighted by atomic mass is 9.84. The summed E-state index contributed by atoms with van der Waals surface area (Å²) in [7, 11) is 1.56. The van der Waals surface area contributed by atoms with Gasteiger partial charge in [0.1, 0.15) is 11.4 Å². The minimum absolute atomic E-state index is 0.151. The van der Waals surface area contributed by atoms with E-state index in [4.69, 9.17) is 9.57 Å². The summed E-state index contributed by atoms with van der Waals surface area (Å²) < 4.78 is 21.0. The van der Waals surface area contributed by atoms with Crippen molar-refractivity contribution in [3.05, 3.63) is 62.8 Å². The molecule has 3 atom stereocenters. The number of fused-ring (bicyclic) bond motifs is 5. The van der Waals surface area contributed by atoms with Gasteiger partial charge in [-0.15, -0.1) is 0 Å². The highest BCUT2D eigenvalue weighted by molar-refractivity contribution is 5.99. The number of pyridine rings is 1. The Balaban J connectivity index is 1.53. The lowest BCUT2D eigenvalue weighted by Gasteiger charge is -2.41. The van der Waals surface area contributed by atoms with Gasteiger partial charge in [-0.2, -0.15) is 0 Å². The standard InChI is InChI=1S/C26H29FN4O6/c1-14-4-5-16(19(27)8-14)10-28-24(34)18-11-31-20-12-30(25(35)21(31)23(33)22(18)32)15(2)6-7-26(20)9-17(13-36-3)29-37-26/h4-5,8,11,15,20,33H,6-7,9-10,12-13H2,1-3H3,(H,28,34)/t15-,20-,26-/m0/s1. The maximum absolute atomic E-state index is 14.2. The van der Waals surface area contributed by atoms with Gasteiger partial charge in [-0.25, -0.2) is 4.39 Å². The first kappa shape index (κ1) is 24.9. The van der Waals surface area contributed by atoms with Crippen molar-refractivity contribution >= 4 is 17.5 Å². The summed E-state index contributed by atoms with van der Waals surface area (Å²) in [6.07, 6.45) is 2.95. The van der Waals surface area contributed by atoms with E-state index >= 15 is 0 Å². The normalized spacial score (nSPS) is 24.4. The second-order valence-corrected chi connectivity index (χ2v) is 10.0. The van der Waals surface area contributed by atoms with Gasteiger partial charge >= 0.3 is 0 Å². The Morgan fingerprint density at radius 2 is 2.16 bits per heavy atom. The van der Waals surface area contributed by atoms with Crippen LogP contribution in [0.2, 0.25) is 0 Å². The molecule has 0 radical (unpaired) electrons. The van der Waals surface area contributed by atoms with Crippen LogP contribution >= 0.6 is 0 Å². The van der Waals surface area contributed by atoms with E-state index in [0.29, 0.717) is 25.0 Å². The molecule has 1 aromatic carbocycles. The molecule has 1 saturated heterocycles. The summed E-state index contributed by atoms with van der Waals surface area (Å²) in [5, 5.41) is 17.7. The second-order valence-electron chi connectivity index (χ2n) is 10.0. The number of carbonyl (C=O) groups is 2. The molecular weight excluding hydrogens is 483 g/mol. The van der Waals surface area contributed by atoms with Crippen LogP contribution in [-0.4, -0.2) is 64.0 Å². The lowest BCUT2D eigenvalue weighted by molar-refractivity contribution is -0.0655. The fourth-order valence-electron chi connectivity index (χ4n) is 5.50. The van der Waals surface area contributed by atoms with Crippen LogP contribution in [0.4, 0.5) is 4.39 Å². The largest absolute Gasteiger partial charge is 0.503 e. The van der Waals surface area contributed by atoms with E-state index in [1.165, 1.54) is 16.8 Å². The molecule has 2 bridgehead atoms. The number of methoxy groups -OCH3 is 1. The molecule has 2 amide bonds. The van der Waals surface area contributed by atoms with Crippen molar-refractivity contribution in [2.75, 3.05) is 20.3 Å². The smallest absolute Gasteiger partial charge is 0.274 e. The van der Waals surface area contributed by atoms with Crippen LogP contribution in [0.3, 0.4) is 0 Å². The number of amides is 2. The molecule has 2 N–H and O–H groups in total. The molecule has 4 heterocycles. The highest BCUT2D eigenvalue weighted by Gasteiger charge is 2.54. The Hall–Kier alpha value is -3.73. The number of ether oxygens (including phenoxy) is 1. The van der Waals surface area contributed by atoms with Crippen LogP contribution in [0, 0.1) is 12.7 Å². The number of halogens is 1. The number of nitrogens with one attached hydrogen (secondary N) is 1. The number of rotatable bonds is 5. The van der Waals surface area contributed by atoms with Crippen LogP contribution in [-0.2, 0) is 16.1 Å². The van der Waals surface area contributed by atoms with Gasteiger partial charge in [0.25, 0.3) is 11.8 Å². The summed E-state index contributed by atoms with van der Waals surface area (Å²) in [6, 6.07) is 3.96. The van der Waals surface area contributed by atoms with Crippen LogP contribution in [0.1, 0.15) is 64.2 Å². The zero-order valence-electron chi connectivity index (χ0n) is 20.9. The Morgan fingerprint density at radius 3 is 2.89 bits per heavy atom. The Labute approximate surface area is 212 Å². The predicted octanol–water partition coefficient (Wildman–Crippen LogP) is 2.27. The van der Waals surface area contributed by atoms with Gasteiger partial charge in [0.15, 0.2) is 17.0 Å². The zero-order valence-corrected chi connectivity index (χ0v) is 20.9. The molecule has 10 nitrogen and oxygen atoms in total. The summed E-state index contributed by atoms with van der Waals surface area (Å²) in [5.41, 5.74) is -0.629. The van der Waals surface area contributed by atoms with Crippen molar-refractivity contribution in [3.63, 3.8) is 0 Å². The van der Waals surface area contributed by atoms with Gasteiger partial charge in [0.2, 0.25) is 5.43 Å². The van der Waals surface area contributed by atoms with E-state index in [1.807, 2.05) is 6.92 Å². The van der Waals surface area contributed by atoms with E-state index in [9.17, 15) is 23.9 Å². The fourth-order valence-corrected chi connectivity index (χ4v) is 5.50. The summed E-state index contributed by atoms with van der Waals surface area (Å²) in [5.74, 6) is -2.55. The number of aryl methyl sites for hydroxylation is 1. The van der Waals surface area contributed by atoms with Crippen molar-refractivity contribution in [3.8, 4) is 5.75 Å². The maximum atomic E-state index is 14.2. The summed E-state index contributed by atoms with van der Waals surface area (Å²) in [6.45, 7) is 4.07. The molecule has 11 heteroatoms. The van der Waals surface area contributed by atoms with E-state index < -0.39 is 40.5 Å². The first-order chi connectivity index (χ1) is 17.6. The molecule has 1 spiro atoms. The van der Waals surface area contributed by atoms with Crippen LogP contribution in [0.25, 0.3) is 0 Å². The van der Waals surface area contributed by atoms with Gasteiger partial charge in [0.05, 0.1) is 18.4 Å². The number of hydrogen-bond donors (Lipinski definition) is 2. The first-order valence-corrected chi connectivity index (χ1v) is 12.2. The maximum Gasteiger partial charge on any atom is 0.274 e. The topological polar surface area (TPSA) is 122 Å². The van der Waals surface area contributed by atoms with Gasteiger partial charge in [0, 0.05) is 44.4 Å². The number of oxime groups is 1. The van der Waals surface area contributed by atoms with E-state index in [2.05, 4.69) is 10.5 Å². The Morgan fingerprint density at radius 1 is 1.38 bits per heavy atom. The third-order valence-corrected chi connectivity index (χ3v) is 7.57. The number of carbonyl (C=O) groups excluding carboxylic acids is 2. The molecule has 1 fully saturated rings. The number of hydrogen-bond acceptors (Lipinski definition) is 7. The number of aromatic nitrogens is 1. The van der Waals surface area contributed by atoms with Crippen molar-refractivity contribution in [2.45, 2.75) is 57.3 Å². The van der Waals surface area contributed by atoms with Gasteiger partial charge in [-0.1, -0.05) is 17.3 Å². The van der Waals surface area contributed by atoms with E-state index in [1.54, 1.807) is 31.1 Å². The average Bonchev–Trinajstić information content (AvgIpc) is 3.22. The molecule has 0 saturated carbocycles. The molecule has 5 rings (SSSR count). The molecule has 1 aromatic heterocycles. The van der Waals surface area contributed by atoms with Crippen molar-refractivity contribution in [1.29, 1.82) is 0 Å². The minimum atomic E-state index is -0.966. The summed E-state index contributed by atoms with van der Waals surface area (Å²) >= 11 is 0. The zero-order chi connectivity index (χ0) is 26.5. The molecule has 2 aromatic rings. The molecule has 3 aliphatic heterocycles. The van der Waals surface area contributed by atoms with Crippen molar-refractivity contribution < 1.29 is 28.7 Å². The van der Waals surface area contributed by atoms with Crippen LogP contribution in [0.15, 0.2) is 34.3 Å². The van der Waals surface area contributed by atoms with E-state index in [-0.39, 0.29) is 42.6 Å². The third-order valence-electron chi connectivity index (χ3n) is 7.57. The Kier molecular flexibility index (Phi) is 6.26. The molecular formula is C26H29FN4O6. The van der Waals surface area contributed by atoms with Gasteiger partial charge < -0.3 is 29.5 Å². The lowest BCUT2D eigenvalue weighted by Crippen LogP contribution is -2.52. The molecule has 37 heavy (non-hydrogen) atoms. The van der Waals surface area contributed by atoms with Crippen LogP contribution in [0.5, 0.6) is 5.75 Å². The summed E-state index contributed by atoms with van der Waals surface area (Å²) in [4.78, 5) is 47.1. The van der Waals surface area contributed by atoms with Crippen molar-refractivity contribution in [1.82, 2.24) is 14.8 Å². The van der Waals surface area contributed by atoms with Gasteiger partial charge in [-0.3, -0.25) is 14.4 Å². The van der Waals surface area contributed by atoms with Gasteiger partial charge in [-0.05, 0) is 38.3 Å². The number of aromatic hydroxyl groups is 1. The SMILES string of the molecule is COCC1=NO[C@@]2(CC[C@H](C)N3C[C@@H]2n2cc(C(=O)NCc4ccc(C)cc4F)c(=O)c(O)c2C3=O)C1. The quantitative estimate of drug-likeness (QED) is 0.634. The number of benzene rings is 1. The van der Waals surface area contributed by atoms with Crippen LogP contribution < -0.4 is 10.7 Å². The molecule has 0 unspecified atom stereocenters. The monoisotopic (exact) mass is 512 g/mol. The second kappa shape index (κ2) is 9.29. The highest BCUT2D eigenvalue weighted by Crippen LogP contribution is 2.46. The molecule has 196 valence electrons.